The molecule has 0 radical (unpaired) electrons. The van der Waals surface area contributed by atoms with Crippen LogP contribution in [-0.2, 0) is 0 Å². The van der Waals surface area contributed by atoms with Crippen molar-refractivity contribution in [2.24, 2.45) is 5.10 Å². The van der Waals surface area contributed by atoms with Crippen LogP contribution in [0.5, 0.6) is 17.2 Å². The van der Waals surface area contributed by atoms with Gasteiger partial charge in [-0.2, -0.15) is 10.2 Å². The molecule has 13 heteroatoms. The molecular formula is C20H18N6O7. The number of carbonyl (C=O) groups excluding carboxylic acids is 1. The van der Waals surface area contributed by atoms with Crippen LogP contribution < -0.4 is 14.9 Å². The lowest BCUT2D eigenvalue weighted by molar-refractivity contribution is -0.394. The van der Waals surface area contributed by atoms with Crippen LogP contribution in [-0.4, -0.2) is 38.8 Å². The van der Waals surface area contributed by atoms with Gasteiger partial charge in [0.05, 0.1) is 28.7 Å². The molecule has 33 heavy (non-hydrogen) atoms. The Kier molecular flexibility index (Phi) is 6.93. The van der Waals surface area contributed by atoms with Gasteiger partial charge in [0, 0.05) is 11.8 Å². The number of hydrogen-bond donors (Lipinski definition) is 2. The monoisotopic (exact) mass is 454 g/mol. The van der Waals surface area contributed by atoms with Crippen LogP contribution in [0.2, 0.25) is 0 Å². The Bertz CT molecular complexity index is 1240. The average molecular weight is 454 g/mol. The van der Waals surface area contributed by atoms with Crippen LogP contribution >= 0.6 is 0 Å². The fourth-order valence-corrected chi connectivity index (χ4v) is 2.68. The number of hydrazone groups is 1. The second kappa shape index (κ2) is 10.00. The van der Waals surface area contributed by atoms with Crippen molar-refractivity contribution in [3.63, 3.8) is 0 Å². The fourth-order valence-electron chi connectivity index (χ4n) is 2.68. The van der Waals surface area contributed by atoms with Gasteiger partial charge in [-0.05, 0) is 49.7 Å². The van der Waals surface area contributed by atoms with Crippen LogP contribution in [0.4, 0.5) is 11.4 Å². The van der Waals surface area contributed by atoms with E-state index in [4.69, 9.17) is 9.47 Å². The van der Waals surface area contributed by atoms with E-state index >= 15 is 0 Å². The first-order valence-electron chi connectivity index (χ1n) is 9.51. The van der Waals surface area contributed by atoms with Gasteiger partial charge < -0.3 is 9.47 Å². The van der Waals surface area contributed by atoms with Crippen molar-refractivity contribution in [2.45, 2.75) is 13.8 Å². The Morgan fingerprint density at radius 3 is 2.52 bits per heavy atom. The van der Waals surface area contributed by atoms with Crippen molar-refractivity contribution in [2.75, 3.05) is 6.61 Å². The smallest absolute Gasteiger partial charge is 0.318 e. The van der Waals surface area contributed by atoms with Crippen LogP contribution in [0, 0.1) is 27.2 Å². The van der Waals surface area contributed by atoms with Gasteiger partial charge in [0.1, 0.15) is 0 Å². The number of non-ortho nitro benzene ring substituents is 1. The number of nitro benzene ring substituents is 2. The molecule has 0 aliphatic rings. The molecular weight excluding hydrogens is 436 g/mol. The summed E-state index contributed by atoms with van der Waals surface area (Å²) in [6.07, 6.45) is 1.37. The third kappa shape index (κ3) is 5.66. The molecule has 2 aromatic carbocycles. The van der Waals surface area contributed by atoms with E-state index in [0.29, 0.717) is 5.56 Å². The summed E-state index contributed by atoms with van der Waals surface area (Å²) in [7, 11) is 0. The van der Waals surface area contributed by atoms with Crippen molar-refractivity contribution in [1.29, 1.82) is 0 Å². The second-order valence-electron chi connectivity index (χ2n) is 6.54. The summed E-state index contributed by atoms with van der Waals surface area (Å²) in [5, 5.41) is 32.6. The number of aromatic nitrogens is 2. The minimum Gasteiger partial charge on any atom is -0.490 e. The molecule has 1 amide bonds. The van der Waals surface area contributed by atoms with Crippen molar-refractivity contribution >= 4 is 23.5 Å². The van der Waals surface area contributed by atoms with E-state index in [1.165, 1.54) is 12.3 Å². The molecule has 3 aromatic rings. The van der Waals surface area contributed by atoms with Gasteiger partial charge in [-0.25, -0.2) is 5.43 Å². The molecule has 0 fully saturated rings. The summed E-state index contributed by atoms with van der Waals surface area (Å²) in [5.74, 6) is -0.272. The Morgan fingerprint density at radius 2 is 1.88 bits per heavy atom. The minimum atomic E-state index is -0.771. The molecule has 0 saturated heterocycles. The molecule has 1 aromatic heterocycles. The Balaban J connectivity index is 1.81. The van der Waals surface area contributed by atoms with Gasteiger partial charge in [-0.3, -0.25) is 30.1 Å². The van der Waals surface area contributed by atoms with Gasteiger partial charge in [-0.15, -0.1) is 0 Å². The predicted molar refractivity (Wildman–Crippen MR) is 116 cm³/mol. The lowest BCUT2D eigenvalue weighted by atomic mass is 10.2. The molecule has 0 aliphatic carbocycles. The summed E-state index contributed by atoms with van der Waals surface area (Å²) in [4.78, 5) is 32.7. The lowest BCUT2D eigenvalue weighted by Crippen LogP contribution is -2.18. The van der Waals surface area contributed by atoms with Crippen molar-refractivity contribution in [3.8, 4) is 17.2 Å². The summed E-state index contributed by atoms with van der Waals surface area (Å²) < 4.78 is 11.2. The molecule has 0 spiro atoms. The zero-order valence-corrected chi connectivity index (χ0v) is 17.5. The molecule has 2 N–H and O–H groups in total. The van der Waals surface area contributed by atoms with E-state index in [-0.39, 0.29) is 29.5 Å². The first-order chi connectivity index (χ1) is 15.8. The van der Waals surface area contributed by atoms with Crippen molar-refractivity contribution < 1.29 is 24.1 Å². The summed E-state index contributed by atoms with van der Waals surface area (Å²) in [5.41, 5.74) is 2.82. The molecule has 1 heterocycles. The van der Waals surface area contributed by atoms with Crippen LogP contribution in [0.1, 0.15) is 28.7 Å². The maximum Gasteiger partial charge on any atom is 0.318 e. The highest BCUT2D eigenvalue weighted by Gasteiger charge is 2.22. The molecule has 13 nitrogen and oxygen atoms in total. The van der Waals surface area contributed by atoms with Gasteiger partial charge in [0.2, 0.25) is 5.75 Å². The lowest BCUT2D eigenvalue weighted by Gasteiger charge is -2.12. The normalized spacial score (nSPS) is 10.7. The SMILES string of the molecule is CCOc1cc(C=NNC(=O)c2cc(C)[nH]n2)ccc1Oc1ccc([N+](=O)[O-])cc1[N+](=O)[O-]. The quantitative estimate of drug-likeness (QED) is 0.280. The number of amides is 1. The van der Waals surface area contributed by atoms with Crippen molar-refractivity contribution in [3.05, 3.63) is 79.6 Å². The number of aromatic amines is 1. The molecule has 0 saturated carbocycles. The van der Waals surface area contributed by atoms with Gasteiger partial charge in [0.25, 0.3) is 11.6 Å². The molecule has 0 unspecified atom stereocenters. The highest BCUT2D eigenvalue weighted by Crippen LogP contribution is 2.38. The number of nitrogens with zero attached hydrogens (tertiary/aromatic N) is 4. The van der Waals surface area contributed by atoms with E-state index < -0.39 is 27.1 Å². The van der Waals surface area contributed by atoms with Crippen LogP contribution in [0.3, 0.4) is 0 Å². The zero-order valence-electron chi connectivity index (χ0n) is 17.5. The molecule has 0 atom stereocenters. The number of carbonyl (C=O) groups is 1. The van der Waals surface area contributed by atoms with E-state index in [9.17, 15) is 25.0 Å². The summed E-state index contributed by atoms with van der Waals surface area (Å²) in [6.45, 7) is 3.77. The first kappa shape index (κ1) is 22.9. The molecule has 0 bridgehead atoms. The minimum absolute atomic E-state index is 0.155. The van der Waals surface area contributed by atoms with E-state index in [1.807, 2.05) is 0 Å². The molecule has 3 rings (SSSR count). The van der Waals surface area contributed by atoms with Crippen molar-refractivity contribution in [1.82, 2.24) is 15.6 Å². The average Bonchev–Trinajstić information content (AvgIpc) is 3.22. The maximum atomic E-state index is 12.0. The van der Waals surface area contributed by atoms with Gasteiger partial charge >= 0.3 is 5.69 Å². The third-order valence-electron chi connectivity index (χ3n) is 4.16. The number of H-pyrrole nitrogens is 1. The van der Waals surface area contributed by atoms with E-state index in [1.54, 1.807) is 32.0 Å². The standard InChI is InChI=1S/C20H18N6O7/c1-3-32-19-9-13(11-21-24-20(27)15-8-12(2)22-23-15)4-6-18(19)33-17-7-5-14(25(28)29)10-16(17)26(30)31/h4-11H,3H2,1-2H3,(H,22,23)(H,24,27). The van der Waals surface area contributed by atoms with Crippen LogP contribution in [0.15, 0.2) is 47.6 Å². The number of nitro groups is 2. The highest BCUT2D eigenvalue weighted by molar-refractivity contribution is 5.93. The number of hydrogen-bond acceptors (Lipinski definition) is 9. The predicted octanol–water partition coefficient (Wildman–Crippen LogP) is 3.49. The van der Waals surface area contributed by atoms with Gasteiger partial charge in [0.15, 0.2) is 17.2 Å². The first-order valence-corrected chi connectivity index (χ1v) is 9.51. The Morgan fingerprint density at radius 1 is 1.12 bits per heavy atom. The number of rotatable bonds is 9. The molecule has 0 aliphatic heterocycles. The highest BCUT2D eigenvalue weighted by atomic mass is 16.6. The number of nitrogens with one attached hydrogen (secondary N) is 2. The topological polar surface area (TPSA) is 175 Å². The van der Waals surface area contributed by atoms with Gasteiger partial charge in [-0.1, -0.05) is 0 Å². The number of aryl methyl sites for hydroxylation is 1. The van der Waals surface area contributed by atoms with E-state index in [0.717, 1.165) is 23.9 Å². The third-order valence-corrected chi connectivity index (χ3v) is 4.16. The maximum absolute atomic E-state index is 12.0. The largest absolute Gasteiger partial charge is 0.490 e. The summed E-state index contributed by atoms with van der Waals surface area (Å²) in [6, 6.07) is 9.28. The van der Waals surface area contributed by atoms with E-state index in [2.05, 4.69) is 20.7 Å². The number of benzene rings is 2. The fraction of sp³-hybridized carbons (Fsp3) is 0.150. The molecule has 170 valence electrons. The van der Waals surface area contributed by atoms with Crippen LogP contribution in [0.25, 0.3) is 0 Å². The zero-order chi connectivity index (χ0) is 24.0. The second-order valence-corrected chi connectivity index (χ2v) is 6.54. The number of ether oxygens (including phenoxy) is 2. The summed E-state index contributed by atoms with van der Waals surface area (Å²) >= 11 is 0. The Hall–Kier alpha value is -4.81. The Labute approximate surface area is 186 Å².